The second-order valence-corrected chi connectivity index (χ2v) is 3.84. The molecule has 15 heavy (non-hydrogen) atoms. The fraction of sp³-hybridized carbons (Fsp3) is 0.231. The first kappa shape index (κ1) is 9.84. The number of benzene rings is 1. The molecule has 0 unspecified atom stereocenters. The van der Waals surface area contributed by atoms with Gasteiger partial charge in [0.05, 0.1) is 0 Å². The van der Waals surface area contributed by atoms with Gasteiger partial charge < -0.3 is 10.3 Å². The van der Waals surface area contributed by atoms with Gasteiger partial charge in [-0.25, -0.2) is 0 Å². The minimum Gasteiger partial charge on any atom is -0.392 e. The molecular formula is C13H16N2. The van der Waals surface area contributed by atoms with Crippen LogP contribution >= 0.6 is 0 Å². The van der Waals surface area contributed by atoms with Crippen LogP contribution in [0.2, 0.25) is 0 Å². The molecule has 0 atom stereocenters. The number of aromatic nitrogens is 1. The molecular weight excluding hydrogens is 184 g/mol. The van der Waals surface area contributed by atoms with E-state index in [4.69, 9.17) is 0 Å². The van der Waals surface area contributed by atoms with E-state index in [1.54, 1.807) is 0 Å². The van der Waals surface area contributed by atoms with Gasteiger partial charge in [0.1, 0.15) is 0 Å². The van der Waals surface area contributed by atoms with Gasteiger partial charge in [-0.1, -0.05) is 18.7 Å². The van der Waals surface area contributed by atoms with Gasteiger partial charge in [-0.15, -0.1) is 0 Å². The van der Waals surface area contributed by atoms with Gasteiger partial charge in [-0.2, -0.15) is 0 Å². The second kappa shape index (κ2) is 3.81. The van der Waals surface area contributed by atoms with Crippen molar-refractivity contribution in [3.8, 4) is 0 Å². The van der Waals surface area contributed by atoms with E-state index >= 15 is 0 Å². The van der Waals surface area contributed by atoms with Crippen molar-refractivity contribution in [3.63, 3.8) is 0 Å². The Balaban J connectivity index is 2.48. The normalized spacial score (nSPS) is 10.5. The van der Waals surface area contributed by atoms with E-state index in [2.05, 4.69) is 48.2 Å². The number of H-pyrrole nitrogens is 1. The fourth-order valence-corrected chi connectivity index (χ4v) is 1.91. The zero-order valence-corrected chi connectivity index (χ0v) is 9.22. The summed E-state index contributed by atoms with van der Waals surface area (Å²) in [6.45, 7) is 6.10. The highest BCUT2D eigenvalue weighted by Crippen LogP contribution is 2.23. The lowest BCUT2D eigenvalue weighted by molar-refractivity contribution is 0.932. The second-order valence-electron chi connectivity index (χ2n) is 3.84. The molecule has 1 heterocycles. The first-order valence-electron chi connectivity index (χ1n) is 5.13. The van der Waals surface area contributed by atoms with E-state index in [1.807, 2.05) is 7.05 Å². The summed E-state index contributed by atoms with van der Waals surface area (Å²) in [4.78, 5) is 3.29. The van der Waals surface area contributed by atoms with Crippen LogP contribution < -0.4 is 5.32 Å². The van der Waals surface area contributed by atoms with E-state index < -0.39 is 0 Å². The average molecular weight is 200 g/mol. The predicted octanol–water partition coefficient (Wildman–Crippen LogP) is 2.75. The SMILES string of the molecule is C=C(Cc1c[nH]c2cccc(C)c12)NC. The molecule has 2 N–H and O–H groups in total. The van der Waals surface area contributed by atoms with Crippen molar-refractivity contribution in [2.45, 2.75) is 13.3 Å². The first-order valence-corrected chi connectivity index (χ1v) is 5.13. The molecule has 2 heteroatoms. The van der Waals surface area contributed by atoms with Crippen LogP contribution in [0.15, 0.2) is 36.7 Å². The molecule has 1 aromatic carbocycles. The van der Waals surface area contributed by atoms with Crippen LogP contribution in [0.4, 0.5) is 0 Å². The smallest absolute Gasteiger partial charge is 0.0459 e. The molecule has 0 saturated heterocycles. The number of nitrogens with one attached hydrogen (secondary N) is 2. The number of hydrogen-bond donors (Lipinski definition) is 2. The monoisotopic (exact) mass is 200 g/mol. The molecule has 78 valence electrons. The van der Waals surface area contributed by atoms with Crippen LogP contribution in [0.25, 0.3) is 10.9 Å². The van der Waals surface area contributed by atoms with Crippen molar-refractivity contribution in [2.24, 2.45) is 0 Å². The van der Waals surface area contributed by atoms with Gasteiger partial charge in [0.25, 0.3) is 0 Å². The Morgan fingerprint density at radius 3 is 3.00 bits per heavy atom. The molecule has 2 rings (SSSR count). The maximum atomic E-state index is 3.96. The summed E-state index contributed by atoms with van der Waals surface area (Å²) < 4.78 is 0. The highest BCUT2D eigenvalue weighted by molar-refractivity contribution is 5.86. The molecule has 0 aliphatic carbocycles. The Kier molecular flexibility index (Phi) is 2.50. The van der Waals surface area contributed by atoms with E-state index in [0.717, 1.165) is 12.1 Å². The van der Waals surface area contributed by atoms with Crippen molar-refractivity contribution in [2.75, 3.05) is 7.05 Å². The summed E-state index contributed by atoms with van der Waals surface area (Å²) in [5.41, 5.74) is 4.86. The summed E-state index contributed by atoms with van der Waals surface area (Å²) in [7, 11) is 1.91. The lowest BCUT2D eigenvalue weighted by Crippen LogP contribution is -2.06. The van der Waals surface area contributed by atoms with Crippen LogP contribution in [0.3, 0.4) is 0 Å². The van der Waals surface area contributed by atoms with Crippen LogP contribution in [0.5, 0.6) is 0 Å². The van der Waals surface area contributed by atoms with Gasteiger partial charge >= 0.3 is 0 Å². The number of aryl methyl sites for hydroxylation is 1. The summed E-state index contributed by atoms with van der Waals surface area (Å²) in [6.07, 6.45) is 2.95. The van der Waals surface area contributed by atoms with E-state index in [-0.39, 0.29) is 0 Å². The molecule has 0 saturated carbocycles. The predicted molar refractivity (Wildman–Crippen MR) is 64.9 cm³/mol. The lowest BCUT2D eigenvalue weighted by atomic mass is 10.0. The zero-order chi connectivity index (χ0) is 10.8. The van der Waals surface area contributed by atoms with Crippen molar-refractivity contribution < 1.29 is 0 Å². The molecule has 0 bridgehead atoms. The van der Waals surface area contributed by atoms with Gasteiger partial charge in [0.15, 0.2) is 0 Å². The third-order valence-corrected chi connectivity index (χ3v) is 2.75. The highest BCUT2D eigenvalue weighted by Gasteiger charge is 2.06. The fourth-order valence-electron chi connectivity index (χ4n) is 1.91. The number of allylic oxidation sites excluding steroid dienone is 1. The van der Waals surface area contributed by atoms with Gasteiger partial charge in [-0.3, -0.25) is 0 Å². The van der Waals surface area contributed by atoms with Crippen LogP contribution in [-0.2, 0) is 6.42 Å². The zero-order valence-electron chi connectivity index (χ0n) is 9.22. The van der Waals surface area contributed by atoms with Crippen molar-refractivity contribution in [3.05, 3.63) is 47.8 Å². The number of rotatable bonds is 3. The molecule has 0 fully saturated rings. The first-order chi connectivity index (χ1) is 7.22. The quantitative estimate of drug-likeness (QED) is 0.783. The Labute approximate surface area is 90.0 Å². The third kappa shape index (κ3) is 1.75. The van der Waals surface area contributed by atoms with Crippen LogP contribution in [-0.4, -0.2) is 12.0 Å². The van der Waals surface area contributed by atoms with Gasteiger partial charge in [0, 0.05) is 36.3 Å². The van der Waals surface area contributed by atoms with Crippen molar-refractivity contribution in [1.29, 1.82) is 0 Å². The molecule has 0 aliphatic rings. The minimum atomic E-state index is 0.876. The minimum absolute atomic E-state index is 0.876. The molecule has 2 aromatic rings. The highest BCUT2D eigenvalue weighted by atomic mass is 14.8. The summed E-state index contributed by atoms with van der Waals surface area (Å²) in [6, 6.07) is 6.32. The van der Waals surface area contributed by atoms with E-state index in [9.17, 15) is 0 Å². The number of hydrogen-bond acceptors (Lipinski definition) is 1. The summed E-state index contributed by atoms with van der Waals surface area (Å²) >= 11 is 0. The largest absolute Gasteiger partial charge is 0.392 e. The van der Waals surface area contributed by atoms with Crippen LogP contribution in [0, 0.1) is 6.92 Å². The molecule has 0 aliphatic heterocycles. The van der Waals surface area contributed by atoms with Gasteiger partial charge in [0.2, 0.25) is 0 Å². The number of aromatic amines is 1. The molecule has 0 spiro atoms. The topological polar surface area (TPSA) is 27.8 Å². The standard InChI is InChI=1S/C13H16N2/c1-9-5-4-6-12-13(9)11(8-15-12)7-10(2)14-3/h4-6,8,14-15H,2,7H2,1,3H3. The third-order valence-electron chi connectivity index (χ3n) is 2.75. The van der Waals surface area contributed by atoms with E-state index in [0.29, 0.717) is 0 Å². The van der Waals surface area contributed by atoms with Crippen LogP contribution in [0.1, 0.15) is 11.1 Å². The number of fused-ring (bicyclic) bond motifs is 1. The maximum absolute atomic E-state index is 3.96. The molecule has 0 radical (unpaired) electrons. The van der Waals surface area contributed by atoms with Gasteiger partial charge in [-0.05, 0) is 24.1 Å². The maximum Gasteiger partial charge on any atom is 0.0459 e. The molecule has 2 nitrogen and oxygen atoms in total. The molecule has 0 amide bonds. The Bertz CT molecular complexity index is 494. The van der Waals surface area contributed by atoms with E-state index in [1.165, 1.54) is 22.0 Å². The summed E-state index contributed by atoms with van der Waals surface area (Å²) in [5.74, 6) is 0. The number of likely N-dealkylation sites (N-methyl/N-ethyl adjacent to an activating group) is 1. The average Bonchev–Trinajstić information content (AvgIpc) is 2.63. The lowest BCUT2D eigenvalue weighted by Gasteiger charge is -2.04. The Hall–Kier alpha value is -1.70. The van der Waals surface area contributed by atoms with Crippen molar-refractivity contribution >= 4 is 10.9 Å². The Morgan fingerprint density at radius 1 is 1.47 bits per heavy atom. The molecule has 1 aromatic heterocycles. The van der Waals surface area contributed by atoms with Crippen molar-refractivity contribution in [1.82, 2.24) is 10.3 Å². The Morgan fingerprint density at radius 2 is 2.27 bits per heavy atom. The summed E-state index contributed by atoms with van der Waals surface area (Å²) in [5, 5.41) is 4.41.